The smallest absolute Gasteiger partial charge is 0.309 e. The Hall–Kier alpha value is -2.60. The lowest BCUT2D eigenvalue weighted by Gasteiger charge is -2.34. The van der Waals surface area contributed by atoms with E-state index in [2.05, 4.69) is 39.8 Å². The van der Waals surface area contributed by atoms with Crippen molar-refractivity contribution in [2.45, 2.75) is 50.7 Å². The summed E-state index contributed by atoms with van der Waals surface area (Å²) in [6.07, 6.45) is 6.76. The van der Waals surface area contributed by atoms with Gasteiger partial charge in [0.25, 0.3) is 0 Å². The van der Waals surface area contributed by atoms with Crippen LogP contribution in [-0.2, 0) is 22.6 Å². The van der Waals surface area contributed by atoms with E-state index in [1.54, 1.807) is 6.26 Å². The fraction of sp³-hybridized carbons (Fsp3) is 0.455. The summed E-state index contributed by atoms with van der Waals surface area (Å²) in [6, 6.07) is 12.3. The molecular weight excluding hydrogens is 354 g/mol. The predicted molar refractivity (Wildman–Crippen MR) is 105 cm³/mol. The van der Waals surface area contributed by atoms with Gasteiger partial charge in [0.1, 0.15) is 5.76 Å². The van der Waals surface area contributed by atoms with E-state index in [1.807, 2.05) is 12.1 Å². The second kappa shape index (κ2) is 8.61. The van der Waals surface area contributed by atoms with Crippen LogP contribution in [0.1, 0.15) is 48.6 Å². The normalized spacial score (nSPS) is 18.4. The summed E-state index contributed by atoms with van der Waals surface area (Å²) in [6.45, 7) is 2.02. The first-order valence-corrected chi connectivity index (χ1v) is 10.1. The Kier molecular flexibility index (Phi) is 5.76. The van der Waals surface area contributed by atoms with Crippen molar-refractivity contribution < 1.29 is 14.0 Å². The fourth-order valence-electron chi connectivity index (χ4n) is 4.26. The first-order chi connectivity index (χ1) is 13.7. The van der Waals surface area contributed by atoms with Gasteiger partial charge in [-0.25, -0.2) is 0 Å². The summed E-state index contributed by atoms with van der Waals surface area (Å²) < 4.78 is 5.64. The molecule has 0 unspecified atom stereocenters. The van der Waals surface area contributed by atoms with Gasteiger partial charge in [0.05, 0.1) is 12.3 Å². The molecule has 0 spiro atoms. The Morgan fingerprint density at radius 2 is 1.86 bits per heavy atom. The average Bonchev–Trinajstić information content (AvgIpc) is 3.42. The Morgan fingerprint density at radius 1 is 1.07 bits per heavy atom. The first-order valence-electron chi connectivity index (χ1n) is 10.1. The van der Waals surface area contributed by atoms with Crippen LogP contribution in [0.25, 0.3) is 0 Å². The summed E-state index contributed by atoms with van der Waals surface area (Å²) in [5.41, 5.74) is 2.67. The SMILES string of the molecule is O=C(NC[C@H](c1ccco1)N1CCc2ccccc2C1)C(=O)NC1CCCC1. The van der Waals surface area contributed by atoms with Crippen molar-refractivity contribution in [2.24, 2.45) is 0 Å². The number of fused-ring (bicyclic) bond motifs is 1. The molecule has 1 atom stereocenters. The zero-order chi connectivity index (χ0) is 19.3. The van der Waals surface area contributed by atoms with Crippen LogP contribution in [0.15, 0.2) is 47.1 Å². The molecule has 2 aliphatic rings. The van der Waals surface area contributed by atoms with E-state index >= 15 is 0 Å². The van der Waals surface area contributed by atoms with Gasteiger partial charge in [0.15, 0.2) is 0 Å². The summed E-state index contributed by atoms with van der Waals surface area (Å²) >= 11 is 0. The fourth-order valence-corrected chi connectivity index (χ4v) is 4.26. The van der Waals surface area contributed by atoms with Crippen LogP contribution in [-0.4, -0.2) is 35.8 Å². The van der Waals surface area contributed by atoms with Crippen molar-refractivity contribution in [2.75, 3.05) is 13.1 Å². The van der Waals surface area contributed by atoms with E-state index in [4.69, 9.17) is 4.42 Å². The minimum absolute atomic E-state index is 0.105. The number of hydrogen-bond acceptors (Lipinski definition) is 4. The van der Waals surface area contributed by atoms with Crippen LogP contribution in [0.3, 0.4) is 0 Å². The van der Waals surface area contributed by atoms with Gasteiger partial charge < -0.3 is 15.1 Å². The van der Waals surface area contributed by atoms with Gasteiger partial charge >= 0.3 is 11.8 Å². The van der Waals surface area contributed by atoms with E-state index in [9.17, 15) is 9.59 Å². The molecule has 0 radical (unpaired) electrons. The van der Waals surface area contributed by atoms with Crippen molar-refractivity contribution in [3.05, 3.63) is 59.5 Å². The predicted octanol–water partition coefficient (Wildman–Crippen LogP) is 2.55. The topological polar surface area (TPSA) is 74.6 Å². The summed E-state index contributed by atoms with van der Waals surface area (Å²) in [5.74, 6) is -0.300. The maximum Gasteiger partial charge on any atom is 0.309 e. The van der Waals surface area contributed by atoms with Crippen molar-refractivity contribution in [1.82, 2.24) is 15.5 Å². The Balaban J connectivity index is 1.40. The van der Waals surface area contributed by atoms with E-state index < -0.39 is 11.8 Å². The summed E-state index contributed by atoms with van der Waals surface area (Å²) in [7, 11) is 0. The number of hydrogen-bond donors (Lipinski definition) is 2. The lowest BCUT2D eigenvalue weighted by molar-refractivity contribution is -0.139. The summed E-state index contributed by atoms with van der Waals surface area (Å²) in [5, 5.41) is 5.66. The molecular formula is C22H27N3O3. The number of furan rings is 1. The maximum absolute atomic E-state index is 12.3. The highest BCUT2D eigenvalue weighted by Crippen LogP contribution is 2.27. The molecule has 1 aliphatic heterocycles. The highest BCUT2D eigenvalue weighted by Gasteiger charge is 2.28. The van der Waals surface area contributed by atoms with E-state index in [0.717, 1.165) is 51.0 Å². The van der Waals surface area contributed by atoms with Crippen LogP contribution in [0, 0.1) is 0 Å². The van der Waals surface area contributed by atoms with Gasteiger partial charge in [-0.1, -0.05) is 37.1 Å². The average molecular weight is 381 g/mol. The standard InChI is InChI=1S/C22H27N3O3/c26-21(22(27)24-18-8-3-4-9-18)23-14-19(20-10-5-13-28-20)25-12-11-16-6-1-2-7-17(16)15-25/h1-2,5-7,10,13,18-19H,3-4,8-9,11-12,14-15H2,(H,23,26)(H,24,27)/t19-/m1/s1. The number of carbonyl (C=O) groups excluding carboxylic acids is 2. The number of rotatable bonds is 5. The molecule has 4 rings (SSSR count). The van der Waals surface area contributed by atoms with Crippen molar-refractivity contribution in [3.63, 3.8) is 0 Å². The van der Waals surface area contributed by atoms with Crippen LogP contribution in [0.2, 0.25) is 0 Å². The molecule has 2 heterocycles. The number of carbonyl (C=O) groups is 2. The molecule has 1 saturated carbocycles. The Morgan fingerprint density at radius 3 is 2.61 bits per heavy atom. The lowest BCUT2D eigenvalue weighted by atomic mass is 9.98. The first kappa shape index (κ1) is 18.7. The molecule has 0 bridgehead atoms. The van der Waals surface area contributed by atoms with Crippen molar-refractivity contribution in [1.29, 1.82) is 0 Å². The Bertz CT molecular complexity index is 812. The molecule has 148 valence electrons. The third kappa shape index (κ3) is 4.28. The summed E-state index contributed by atoms with van der Waals surface area (Å²) in [4.78, 5) is 26.8. The molecule has 2 N–H and O–H groups in total. The number of nitrogens with zero attached hydrogens (tertiary/aromatic N) is 1. The number of benzene rings is 1. The maximum atomic E-state index is 12.3. The van der Waals surface area contributed by atoms with E-state index in [1.165, 1.54) is 11.1 Å². The monoisotopic (exact) mass is 381 g/mol. The third-order valence-electron chi connectivity index (χ3n) is 5.83. The highest BCUT2D eigenvalue weighted by atomic mass is 16.3. The molecule has 2 aromatic rings. The number of amides is 2. The highest BCUT2D eigenvalue weighted by molar-refractivity contribution is 6.35. The molecule has 1 aromatic heterocycles. The van der Waals surface area contributed by atoms with Crippen molar-refractivity contribution in [3.8, 4) is 0 Å². The largest absolute Gasteiger partial charge is 0.468 e. The van der Waals surface area contributed by atoms with Gasteiger partial charge in [-0.2, -0.15) is 0 Å². The lowest BCUT2D eigenvalue weighted by Crippen LogP contribution is -2.47. The van der Waals surface area contributed by atoms with Crippen LogP contribution in [0.4, 0.5) is 0 Å². The van der Waals surface area contributed by atoms with Gasteiger partial charge in [-0.3, -0.25) is 14.5 Å². The molecule has 6 nitrogen and oxygen atoms in total. The molecule has 1 aromatic carbocycles. The molecule has 28 heavy (non-hydrogen) atoms. The van der Waals surface area contributed by atoms with Crippen molar-refractivity contribution >= 4 is 11.8 Å². The Labute approximate surface area is 165 Å². The van der Waals surface area contributed by atoms with Crippen LogP contribution in [0.5, 0.6) is 0 Å². The number of nitrogens with one attached hydrogen (secondary N) is 2. The molecule has 2 amide bonds. The molecule has 6 heteroatoms. The van der Waals surface area contributed by atoms with Crippen LogP contribution < -0.4 is 10.6 Å². The van der Waals surface area contributed by atoms with Gasteiger partial charge in [-0.05, 0) is 42.5 Å². The quantitative estimate of drug-likeness (QED) is 0.781. The zero-order valence-electron chi connectivity index (χ0n) is 16.0. The molecule has 0 saturated heterocycles. The van der Waals surface area contributed by atoms with Gasteiger partial charge in [0.2, 0.25) is 0 Å². The molecule has 1 fully saturated rings. The van der Waals surface area contributed by atoms with Crippen LogP contribution >= 0.6 is 0 Å². The second-order valence-corrected chi connectivity index (χ2v) is 7.69. The zero-order valence-corrected chi connectivity index (χ0v) is 16.0. The minimum Gasteiger partial charge on any atom is -0.468 e. The van der Waals surface area contributed by atoms with E-state index in [-0.39, 0.29) is 12.1 Å². The minimum atomic E-state index is -0.569. The third-order valence-corrected chi connectivity index (χ3v) is 5.83. The van der Waals surface area contributed by atoms with E-state index in [0.29, 0.717) is 6.54 Å². The van der Waals surface area contributed by atoms with Gasteiger partial charge in [0, 0.05) is 25.7 Å². The molecule has 1 aliphatic carbocycles. The van der Waals surface area contributed by atoms with Gasteiger partial charge in [-0.15, -0.1) is 0 Å². The second-order valence-electron chi connectivity index (χ2n) is 7.69.